The molecule has 2 fully saturated rings. The van der Waals surface area contributed by atoms with Crippen LogP contribution in [0.2, 0.25) is 0 Å². The zero-order chi connectivity index (χ0) is 16.1. The second-order valence-corrected chi connectivity index (χ2v) is 6.57. The van der Waals surface area contributed by atoms with Gasteiger partial charge in [-0.1, -0.05) is 18.2 Å². The lowest BCUT2D eigenvalue weighted by atomic mass is 9.78. The van der Waals surface area contributed by atoms with Crippen molar-refractivity contribution in [2.75, 3.05) is 19.6 Å². The standard InChI is InChI=1S/C18H17F3N2/c19-18(20,21)14-3-1-2-13(10-14)16-5-4-15(11-22-16)17-6-8-23(12-17)9-7-17/h1-5,10-11H,6-9,12H2. The van der Waals surface area contributed by atoms with Crippen LogP contribution < -0.4 is 0 Å². The van der Waals surface area contributed by atoms with Crippen molar-refractivity contribution in [1.29, 1.82) is 0 Å². The van der Waals surface area contributed by atoms with E-state index < -0.39 is 11.7 Å². The Labute approximate surface area is 133 Å². The van der Waals surface area contributed by atoms with Crippen LogP contribution in [0.1, 0.15) is 24.0 Å². The van der Waals surface area contributed by atoms with Crippen molar-refractivity contribution in [3.63, 3.8) is 0 Å². The van der Waals surface area contributed by atoms with Gasteiger partial charge < -0.3 is 4.90 Å². The second-order valence-electron chi connectivity index (χ2n) is 6.57. The Morgan fingerprint density at radius 1 is 1.04 bits per heavy atom. The minimum atomic E-state index is -4.33. The number of pyridine rings is 1. The average molecular weight is 318 g/mol. The zero-order valence-corrected chi connectivity index (χ0v) is 12.6. The van der Waals surface area contributed by atoms with Gasteiger partial charge in [-0.25, -0.2) is 0 Å². The maximum atomic E-state index is 12.8. The summed E-state index contributed by atoms with van der Waals surface area (Å²) >= 11 is 0. The summed E-state index contributed by atoms with van der Waals surface area (Å²) in [4.78, 5) is 6.90. The van der Waals surface area contributed by atoms with Crippen molar-refractivity contribution in [1.82, 2.24) is 9.88 Å². The monoisotopic (exact) mass is 318 g/mol. The first-order chi connectivity index (χ1) is 11.0. The number of fused-ring (bicyclic) bond motifs is 2. The topological polar surface area (TPSA) is 16.1 Å². The SMILES string of the molecule is FC(F)(F)c1cccc(-c2ccc(C34CCN(CC3)C4)cn2)c1. The summed E-state index contributed by atoms with van der Waals surface area (Å²) in [7, 11) is 0. The normalized spacial score (nSPS) is 26.7. The molecule has 2 aliphatic heterocycles. The Morgan fingerprint density at radius 2 is 1.83 bits per heavy atom. The fourth-order valence-corrected chi connectivity index (χ4v) is 3.84. The van der Waals surface area contributed by atoms with Crippen LogP contribution in [0.4, 0.5) is 13.2 Å². The summed E-state index contributed by atoms with van der Waals surface area (Å²) < 4.78 is 38.5. The van der Waals surface area contributed by atoms with Gasteiger partial charge in [-0.05, 0) is 49.7 Å². The summed E-state index contributed by atoms with van der Waals surface area (Å²) in [5.74, 6) is 0. The van der Waals surface area contributed by atoms with E-state index in [0.717, 1.165) is 44.6 Å². The molecule has 120 valence electrons. The molecule has 0 saturated carbocycles. The van der Waals surface area contributed by atoms with Gasteiger partial charge in [0.05, 0.1) is 11.3 Å². The van der Waals surface area contributed by atoms with E-state index in [1.807, 2.05) is 18.3 Å². The predicted molar refractivity (Wildman–Crippen MR) is 82.0 cm³/mol. The van der Waals surface area contributed by atoms with Gasteiger partial charge in [0, 0.05) is 23.7 Å². The van der Waals surface area contributed by atoms with Gasteiger partial charge in [0.25, 0.3) is 0 Å². The van der Waals surface area contributed by atoms with Crippen molar-refractivity contribution in [3.8, 4) is 11.3 Å². The molecule has 2 nitrogen and oxygen atoms in total. The van der Waals surface area contributed by atoms with Crippen molar-refractivity contribution in [3.05, 3.63) is 53.7 Å². The number of hydrogen-bond acceptors (Lipinski definition) is 2. The van der Waals surface area contributed by atoms with E-state index in [-0.39, 0.29) is 5.41 Å². The van der Waals surface area contributed by atoms with E-state index >= 15 is 0 Å². The number of halogens is 3. The molecule has 0 amide bonds. The first kappa shape index (κ1) is 14.7. The van der Waals surface area contributed by atoms with Crippen molar-refractivity contribution in [2.45, 2.75) is 24.4 Å². The van der Waals surface area contributed by atoms with Crippen LogP contribution in [0.25, 0.3) is 11.3 Å². The predicted octanol–water partition coefficient (Wildman–Crippen LogP) is 4.11. The number of alkyl halides is 3. The molecule has 2 bridgehead atoms. The third kappa shape index (κ3) is 2.53. The summed E-state index contributed by atoms with van der Waals surface area (Å²) in [6.07, 6.45) is -0.175. The quantitative estimate of drug-likeness (QED) is 0.828. The highest BCUT2D eigenvalue weighted by Gasteiger charge is 2.44. The van der Waals surface area contributed by atoms with Crippen LogP contribution in [-0.2, 0) is 11.6 Å². The van der Waals surface area contributed by atoms with Crippen LogP contribution in [-0.4, -0.2) is 29.5 Å². The minimum Gasteiger partial charge on any atom is -0.302 e. The molecule has 2 saturated heterocycles. The van der Waals surface area contributed by atoms with Crippen LogP contribution in [0.3, 0.4) is 0 Å². The van der Waals surface area contributed by atoms with Gasteiger partial charge in [-0.2, -0.15) is 13.2 Å². The largest absolute Gasteiger partial charge is 0.416 e. The molecule has 5 heteroatoms. The molecule has 23 heavy (non-hydrogen) atoms. The van der Waals surface area contributed by atoms with Gasteiger partial charge in [0.2, 0.25) is 0 Å². The number of aromatic nitrogens is 1. The number of rotatable bonds is 2. The lowest BCUT2D eigenvalue weighted by Gasteiger charge is -2.25. The van der Waals surface area contributed by atoms with Crippen LogP contribution in [0.15, 0.2) is 42.6 Å². The van der Waals surface area contributed by atoms with Crippen LogP contribution >= 0.6 is 0 Å². The number of benzene rings is 1. The Bertz CT molecular complexity index is 714. The summed E-state index contributed by atoms with van der Waals surface area (Å²) in [6.45, 7) is 3.35. The van der Waals surface area contributed by atoms with Gasteiger partial charge in [-0.3, -0.25) is 4.98 Å². The maximum Gasteiger partial charge on any atom is 0.416 e. The summed E-state index contributed by atoms with van der Waals surface area (Å²) in [5, 5.41) is 0. The lowest BCUT2D eigenvalue weighted by molar-refractivity contribution is -0.137. The minimum absolute atomic E-state index is 0.208. The molecule has 2 aliphatic rings. The van der Waals surface area contributed by atoms with E-state index in [1.165, 1.54) is 11.6 Å². The molecular weight excluding hydrogens is 301 g/mol. The van der Waals surface area contributed by atoms with Gasteiger partial charge in [-0.15, -0.1) is 0 Å². The second kappa shape index (κ2) is 5.06. The molecule has 2 aromatic rings. The highest BCUT2D eigenvalue weighted by Crippen LogP contribution is 2.43. The molecule has 3 heterocycles. The molecule has 1 aromatic carbocycles. The third-order valence-corrected chi connectivity index (χ3v) is 5.20. The van der Waals surface area contributed by atoms with E-state index in [0.29, 0.717) is 11.3 Å². The van der Waals surface area contributed by atoms with E-state index in [9.17, 15) is 13.2 Å². The number of hydrogen-bond donors (Lipinski definition) is 0. The average Bonchev–Trinajstić information content (AvgIpc) is 3.17. The summed E-state index contributed by atoms with van der Waals surface area (Å²) in [6, 6.07) is 9.23. The van der Waals surface area contributed by atoms with Crippen molar-refractivity contribution in [2.24, 2.45) is 0 Å². The molecule has 0 spiro atoms. The Balaban J connectivity index is 1.64. The first-order valence-corrected chi connectivity index (χ1v) is 7.83. The number of piperidine rings is 1. The fourth-order valence-electron chi connectivity index (χ4n) is 3.84. The Hall–Kier alpha value is -1.88. The molecule has 4 rings (SSSR count). The molecule has 1 aromatic heterocycles. The van der Waals surface area contributed by atoms with Gasteiger partial charge in [0.15, 0.2) is 0 Å². The zero-order valence-electron chi connectivity index (χ0n) is 12.6. The molecule has 0 aliphatic carbocycles. The molecule has 0 radical (unpaired) electrons. The highest BCUT2D eigenvalue weighted by molar-refractivity contribution is 5.60. The van der Waals surface area contributed by atoms with Crippen molar-refractivity contribution >= 4 is 0 Å². The fraction of sp³-hybridized carbons (Fsp3) is 0.389. The van der Waals surface area contributed by atoms with Crippen LogP contribution in [0.5, 0.6) is 0 Å². The summed E-state index contributed by atoms with van der Waals surface area (Å²) in [5.41, 5.74) is 1.88. The first-order valence-electron chi connectivity index (χ1n) is 7.83. The maximum absolute atomic E-state index is 12.8. The molecule has 0 atom stereocenters. The third-order valence-electron chi connectivity index (χ3n) is 5.20. The molecular formula is C18H17F3N2. The van der Waals surface area contributed by atoms with E-state index in [2.05, 4.69) is 9.88 Å². The van der Waals surface area contributed by atoms with Crippen molar-refractivity contribution < 1.29 is 13.2 Å². The number of nitrogens with zero attached hydrogens (tertiary/aromatic N) is 2. The van der Waals surface area contributed by atoms with Gasteiger partial charge >= 0.3 is 6.18 Å². The molecule has 0 N–H and O–H groups in total. The highest BCUT2D eigenvalue weighted by atomic mass is 19.4. The van der Waals surface area contributed by atoms with Gasteiger partial charge in [0.1, 0.15) is 0 Å². The van der Waals surface area contributed by atoms with E-state index in [4.69, 9.17) is 0 Å². The van der Waals surface area contributed by atoms with E-state index in [1.54, 1.807) is 6.07 Å². The smallest absolute Gasteiger partial charge is 0.302 e. The lowest BCUT2D eigenvalue weighted by Crippen LogP contribution is -2.24. The Morgan fingerprint density at radius 3 is 2.39 bits per heavy atom. The Kier molecular flexibility index (Phi) is 3.23. The van der Waals surface area contributed by atoms with Crippen LogP contribution in [0, 0.1) is 0 Å². The molecule has 0 unspecified atom stereocenters.